The van der Waals surface area contributed by atoms with Gasteiger partial charge in [0, 0.05) is 25.7 Å². The van der Waals surface area contributed by atoms with Gasteiger partial charge in [0.05, 0.1) is 6.04 Å². The van der Waals surface area contributed by atoms with Gasteiger partial charge in [0.1, 0.15) is 5.82 Å². The number of hydrogen-bond acceptors (Lipinski definition) is 3. The van der Waals surface area contributed by atoms with Crippen LogP contribution in [0.25, 0.3) is 0 Å². The summed E-state index contributed by atoms with van der Waals surface area (Å²) in [7, 11) is 6.32. The summed E-state index contributed by atoms with van der Waals surface area (Å²) in [6, 6.07) is 6.09. The van der Waals surface area contributed by atoms with Crippen molar-refractivity contribution < 1.29 is 4.39 Å². The molecule has 0 aromatic heterocycles. The van der Waals surface area contributed by atoms with Crippen LogP contribution in [0.5, 0.6) is 0 Å². The molecule has 2 atom stereocenters. The minimum Gasteiger partial charge on any atom is -0.310 e. The molecule has 106 valence electrons. The van der Waals surface area contributed by atoms with Gasteiger partial charge in [0.25, 0.3) is 0 Å². The van der Waals surface area contributed by atoms with Gasteiger partial charge >= 0.3 is 0 Å². The molecule has 1 heterocycles. The van der Waals surface area contributed by atoms with E-state index in [2.05, 4.69) is 36.3 Å². The maximum Gasteiger partial charge on any atom is 0.126 e. The molecular weight excluding hydrogens is 241 g/mol. The van der Waals surface area contributed by atoms with Gasteiger partial charge in [-0.2, -0.15) is 0 Å². The van der Waals surface area contributed by atoms with Gasteiger partial charge < -0.3 is 15.1 Å². The monoisotopic (exact) mass is 265 g/mol. The third-order valence-corrected chi connectivity index (χ3v) is 3.87. The van der Waals surface area contributed by atoms with Crippen molar-refractivity contribution >= 4 is 0 Å². The zero-order chi connectivity index (χ0) is 14.0. The number of likely N-dealkylation sites (N-methyl/N-ethyl adjacent to an activating group) is 2. The fraction of sp³-hybridized carbons (Fsp3) is 0.600. The molecule has 4 heteroatoms. The van der Waals surface area contributed by atoms with Crippen LogP contribution in [-0.2, 0) is 0 Å². The lowest BCUT2D eigenvalue weighted by Crippen LogP contribution is -2.54. The Kier molecular flexibility index (Phi) is 4.55. The molecular formula is C15H24FN3. The molecule has 0 radical (unpaired) electrons. The Morgan fingerprint density at radius 3 is 2.74 bits per heavy atom. The van der Waals surface area contributed by atoms with Crippen molar-refractivity contribution in [1.29, 1.82) is 0 Å². The summed E-state index contributed by atoms with van der Waals surface area (Å²) in [5.74, 6) is -0.130. The van der Waals surface area contributed by atoms with Gasteiger partial charge in [0.15, 0.2) is 0 Å². The Morgan fingerprint density at radius 2 is 2.16 bits per heavy atom. The van der Waals surface area contributed by atoms with Gasteiger partial charge in [-0.1, -0.05) is 12.1 Å². The van der Waals surface area contributed by atoms with E-state index >= 15 is 0 Å². The molecule has 2 unspecified atom stereocenters. The molecule has 0 saturated carbocycles. The third kappa shape index (κ3) is 3.32. The van der Waals surface area contributed by atoms with Crippen molar-refractivity contribution in [3.63, 3.8) is 0 Å². The first-order valence-corrected chi connectivity index (χ1v) is 6.83. The molecule has 1 aromatic rings. The summed E-state index contributed by atoms with van der Waals surface area (Å²) in [6.45, 7) is 4.93. The Morgan fingerprint density at radius 1 is 1.42 bits per heavy atom. The van der Waals surface area contributed by atoms with Gasteiger partial charge in [0.2, 0.25) is 0 Å². The van der Waals surface area contributed by atoms with Gasteiger partial charge in [-0.3, -0.25) is 0 Å². The van der Waals surface area contributed by atoms with E-state index in [1.54, 1.807) is 6.07 Å². The SMILES string of the molecule is Cc1cc(C(C2CN(C)CCN2)N(C)C)ccc1F. The molecule has 0 amide bonds. The van der Waals surface area contributed by atoms with E-state index in [1.807, 2.05) is 19.1 Å². The zero-order valence-electron chi connectivity index (χ0n) is 12.3. The molecule has 2 rings (SSSR count). The normalized spacial score (nSPS) is 22.7. The van der Waals surface area contributed by atoms with Crippen molar-refractivity contribution in [1.82, 2.24) is 15.1 Å². The second kappa shape index (κ2) is 5.99. The number of benzene rings is 1. The van der Waals surface area contributed by atoms with E-state index in [9.17, 15) is 4.39 Å². The second-order valence-corrected chi connectivity index (χ2v) is 5.74. The topological polar surface area (TPSA) is 18.5 Å². The smallest absolute Gasteiger partial charge is 0.126 e. The van der Waals surface area contributed by atoms with Crippen LogP contribution in [0.2, 0.25) is 0 Å². The van der Waals surface area contributed by atoms with Crippen LogP contribution in [-0.4, -0.2) is 56.6 Å². The second-order valence-electron chi connectivity index (χ2n) is 5.74. The molecule has 1 saturated heterocycles. The Labute approximate surface area is 115 Å². The molecule has 1 aliphatic rings. The molecule has 3 nitrogen and oxygen atoms in total. The van der Waals surface area contributed by atoms with E-state index in [0.29, 0.717) is 11.6 Å². The predicted molar refractivity (Wildman–Crippen MR) is 76.9 cm³/mol. The van der Waals surface area contributed by atoms with Crippen molar-refractivity contribution in [2.45, 2.75) is 19.0 Å². The fourth-order valence-electron chi connectivity index (χ4n) is 2.89. The average molecular weight is 265 g/mol. The summed E-state index contributed by atoms with van der Waals surface area (Å²) in [4.78, 5) is 4.55. The Hall–Kier alpha value is -0.970. The summed E-state index contributed by atoms with van der Waals surface area (Å²) >= 11 is 0. The van der Waals surface area contributed by atoms with E-state index in [0.717, 1.165) is 19.6 Å². The quantitative estimate of drug-likeness (QED) is 0.896. The molecule has 0 aliphatic carbocycles. The highest BCUT2D eigenvalue weighted by Gasteiger charge is 2.28. The van der Waals surface area contributed by atoms with E-state index < -0.39 is 0 Å². The first kappa shape index (κ1) is 14.4. The number of piperazine rings is 1. The molecule has 1 fully saturated rings. The predicted octanol–water partition coefficient (Wildman–Crippen LogP) is 1.64. The zero-order valence-corrected chi connectivity index (χ0v) is 12.3. The van der Waals surface area contributed by atoms with E-state index in [4.69, 9.17) is 0 Å². The lowest BCUT2D eigenvalue weighted by Gasteiger charge is -2.39. The fourth-order valence-corrected chi connectivity index (χ4v) is 2.89. The summed E-state index contributed by atoms with van der Waals surface area (Å²) in [5.41, 5.74) is 1.89. The van der Waals surface area contributed by atoms with Crippen LogP contribution < -0.4 is 5.32 Å². The Bertz CT molecular complexity index is 433. The number of nitrogens with one attached hydrogen (secondary N) is 1. The first-order valence-electron chi connectivity index (χ1n) is 6.83. The van der Waals surface area contributed by atoms with Gasteiger partial charge in [-0.05, 0) is 45.3 Å². The number of halogens is 1. The highest BCUT2D eigenvalue weighted by atomic mass is 19.1. The molecule has 1 aliphatic heterocycles. The highest BCUT2D eigenvalue weighted by Crippen LogP contribution is 2.25. The van der Waals surface area contributed by atoms with Crippen molar-refractivity contribution in [3.05, 3.63) is 35.1 Å². The summed E-state index contributed by atoms with van der Waals surface area (Å²) in [6.07, 6.45) is 0. The number of nitrogens with zero attached hydrogens (tertiary/aromatic N) is 2. The molecule has 0 bridgehead atoms. The molecule has 1 N–H and O–H groups in total. The maximum absolute atomic E-state index is 13.4. The largest absolute Gasteiger partial charge is 0.310 e. The van der Waals surface area contributed by atoms with Crippen molar-refractivity contribution in [2.75, 3.05) is 40.8 Å². The van der Waals surface area contributed by atoms with Crippen molar-refractivity contribution in [2.24, 2.45) is 0 Å². The van der Waals surface area contributed by atoms with Gasteiger partial charge in [-0.15, -0.1) is 0 Å². The van der Waals surface area contributed by atoms with Crippen LogP contribution in [0, 0.1) is 12.7 Å². The van der Waals surface area contributed by atoms with Crippen LogP contribution in [0.15, 0.2) is 18.2 Å². The number of rotatable bonds is 3. The minimum atomic E-state index is -0.130. The maximum atomic E-state index is 13.4. The van der Waals surface area contributed by atoms with E-state index in [1.165, 1.54) is 5.56 Å². The molecule has 1 aromatic carbocycles. The number of hydrogen-bond donors (Lipinski definition) is 1. The lowest BCUT2D eigenvalue weighted by molar-refractivity contribution is 0.154. The standard InChI is InChI=1S/C15H24FN3/c1-11-9-12(5-6-13(11)16)15(18(2)3)14-10-19(4)8-7-17-14/h5-6,9,14-15,17H,7-8,10H2,1-4H3. The van der Waals surface area contributed by atoms with Crippen molar-refractivity contribution in [3.8, 4) is 0 Å². The number of aryl methyl sites for hydroxylation is 1. The average Bonchev–Trinajstić information content (AvgIpc) is 2.33. The lowest BCUT2D eigenvalue weighted by atomic mass is 9.95. The first-order chi connectivity index (χ1) is 8.99. The summed E-state index contributed by atoms with van der Waals surface area (Å²) in [5, 5.41) is 3.59. The molecule has 0 spiro atoms. The van der Waals surface area contributed by atoms with Crippen LogP contribution in [0.4, 0.5) is 4.39 Å². The molecule has 19 heavy (non-hydrogen) atoms. The van der Waals surface area contributed by atoms with Gasteiger partial charge in [-0.25, -0.2) is 4.39 Å². The third-order valence-electron chi connectivity index (χ3n) is 3.87. The summed E-state index contributed by atoms with van der Waals surface area (Å²) < 4.78 is 13.4. The Balaban J connectivity index is 2.26. The van der Waals surface area contributed by atoms with Crippen LogP contribution in [0.1, 0.15) is 17.2 Å². The highest BCUT2D eigenvalue weighted by molar-refractivity contribution is 5.28. The van der Waals surface area contributed by atoms with Crippen LogP contribution >= 0.6 is 0 Å². The minimum absolute atomic E-state index is 0.130. The van der Waals surface area contributed by atoms with E-state index in [-0.39, 0.29) is 11.9 Å². The van der Waals surface area contributed by atoms with Crippen LogP contribution in [0.3, 0.4) is 0 Å².